The molecular weight excluding hydrogens is 397 g/mol. The van der Waals surface area contributed by atoms with Crippen molar-refractivity contribution in [3.63, 3.8) is 0 Å². The number of ether oxygens (including phenoxy) is 2. The van der Waals surface area contributed by atoms with Crippen LogP contribution in [0.5, 0.6) is 11.5 Å². The molecule has 0 saturated carbocycles. The fraction of sp³-hybridized carbons (Fsp3) is 0.455. The van der Waals surface area contributed by atoms with Gasteiger partial charge in [0.05, 0.1) is 0 Å². The molecule has 4 rings (SSSR count). The second-order valence-electron chi connectivity index (χ2n) is 7.54. The molecule has 0 fully saturated rings. The van der Waals surface area contributed by atoms with Crippen molar-refractivity contribution < 1.29 is 24.1 Å². The van der Waals surface area contributed by atoms with E-state index >= 15 is 0 Å². The van der Waals surface area contributed by atoms with Crippen LogP contribution >= 0.6 is 12.4 Å². The van der Waals surface area contributed by atoms with E-state index in [1.54, 1.807) is 6.07 Å². The molecule has 2 heterocycles. The van der Waals surface area contributed by atoms with Crippen LogP contribution in [0.15, 0.2) is 42.5 Å². The van der Waals surface area contributed by atoms with Gasteiger partial charge in [0.15, 0.2) is 0 Å². The van der Waals surface area contributed by atoms with Gasteiger partial charge in [0.25, 0.3) is 0 Å². The lowest BCUT2D eigenvalue weighted by Gasteiger charge is -2.31. The zero-order valence-corrected chi connectivity index (χ0v) is 16.9. The molecule has 2 aliphatic rings. The van der Waals surface area contributed by atoms with Crippen molar-refractivity contribution in [2.75, 3.05) is 13.1 Å². The minimum atomic E-state index is -0.710. The number of benzene rings is 2. The minimum absolute atomic E-state index is 0. The maximum atomic E-state index is 13.3. The third kappa shape index (κ3) is 5.20. The first-order valence-electron chi connectivity index (χ1n) is 9.86. The number of nitrogens with one attached hydrogen (secondary N) is 1. The van der Waals surface area contributed by atoms with Crippen molar-refractivity contribution in [2.24, 2.45) is 0 Å². The fourth-order valence-corrected chi connectivity index (χ4v) is 3.91. The first kappa shape index (κ1) is 21.8. The molecular formula is C22H27ClFNO4. The highest BCUT2D eigenvalue weighted by atomic mass is 35.5. The number of rotatable bonds is 6. The van der Waals surface area contributed by atoms with E-state index in [-0.39, 0.29) is 30.4 Å². The quantitative estimate of drug-likeness (QED) is 0.666. The molecule has 2 aromatic carbocycles. The minimum Gasteiger partial charge on any atom is -0.487 e. The summed E-state index contributed by atoms with van der Waals surface area (Å²) >= 11 is 0. The molecule has 5 nitrogen and oxygen atoms in total. The Morgan fingerprint density at radius 3 is 2.17 bits per heavy atom. The molecule has 2 aromatic rings. The summed E-state index contributed by atoms with van der Waals surface area (Å²) < 4.78 is 25.0. The zero-order chi connectivity index (χ0) is 19.5. The molecule has 2 aliphatic heterocycles. The predicted molar refractivity (Wildman–Crippen MR) is 110 cm³/mol. The standard InChI is InChI=1S/C22H26FNO4.ClH/c23-16-7-10-20-15(11-16)6-9-22(28-20)18(26)13-24-12-17(25)21-8-5-14-3-1-2-4-19(14)27-21;/h1-4,7,10-11,17-18,21-22,24-26H,5-6,8-9,12-13H2;1H. The Morgan fingerprint density at radius 1 is 0.897 bits per heavy atom. The highest BCUT2D eigenvalue weighted by Crippen LogP contribution is 2.30. The van der Waals surface area contributed by atoms with E-state index < -0.39 is 12.2 Å². The van der Waals surface area contributed by atoms with Crippen molar-refractivity contribution in [3.05, 3.63) is 59.4 Å². The van der Waals surface area contributed by atoms with Gasteiger partial charge in [-0.1, -0.05) is 18.2 Å². The Kier molecular flexibility index (Phi) is 7.35. The Labute approximate surface area is 176 Å². The zero-order valence-electron chi connectivity index (χ0n) is 16.1. The monoisotopic (exact) mass is 423 g/mol. The van der Waals surface area contributed by atoms with Gasteiger partial charge < -0.3 is 25.0 Å². The van der Waals surface area contributed by atoms with Gasteiger partial charge in [0.1, 0.15) is 41.7 Å². The van der Waals surface area contributed by atoms with Crippen LogP contribution in [0, 0.1) is 5.82 Å². The van der Waals surface area contributed by atoms with E-state index in [0.717, 1.165) is 24.2 Å². The molecule has 4 unspecified atom stereocenters. The van der Waals surface area contributed by atoms with Crippen LogP contribution in [0.2, 0.25) is 0 Å². The first-order chi connectivity index (χ1) is 13.6. The summed E-state index contributed by atoms with van der Waals surface area (Å²) in [6.45, 7) is 0.639. The third-order valence-corrected chi connectivity index (χ3v) is 5.51. The molecule has 0 bridgehead atoms. The van der Waals surface area contributed by atoms with E-state index in [1.165, 1.54) is 17.7 Å². The number of halogens is 2. The topological polar surface area (TPSA) is 71.0 Å². The summed E-state index contributed by atoms with van der Waals surface area (Å²) in [6, 6.07) is 12.3. The largest absolute Gasteiger partial charge is 0.487 e. The highest BCUT2D eigenvalue weighted by Gasteiger charge is 2.28. The van der Waals surface area contributed by atoms with Crippen molar-refractivity contribution >= 4 is 12.4 Å². The average Bonchev–Trinajstić information content (AvgIpc) is 2.72. The Bertz CT molecular complexity index is 821. The Hall–Kier alpha value is -1.86. The van der Waals surface area contributed by atoms with Crippen LogP contribution in [0.4, 0.5) is 4.39 Å². The Balaban J connectivity index is 0.00000240. The third-order valence-electron chi connectivity index (χ3n) is 5.51. The summed E-state index contributed by atoms with van der Waals surface area (Å²) in [5.41, 5.74) is 2.01. The molecule has 0 saturated heterocycles. The molecule has 0 aromatic heterocycles. The molecule has 7 heteroatoms. The lowest BCUT2D eigenvalue weighted by atomic mass is 9.98. The van der Waals surface area contributed by atoms with E-state index in [0.29, 0.717) is 31.7 Å². The molecule has 0 spiro atoms. The summed E-state index contributed by atoms with van der Waals surface area (Å²) in [6.07, 6.45) is 0.984. The highest BCUT2D eigenvalue weighted by molar-refractivity contribution is 5.85. The van der Waals surface area contributed by atoms with E-state index in [4.69, 9.17) is 9.47 Å². The predicted octanol–water partition coefficient (Wildman–Crippen LogP) is 2.65. The summed E-state index contributed by atoms with van der Waals surface area (Å²) in [5, 5.41) is 24.0. The molecule has 3 N–H and O–H groups in total. The maximum Gasteiger partial charge on any atom is 0.126 e. The number of aliphatic hydroxyl groups excluding tert-OH is 2. The first-order valence-corrected chi connectivity index (χ1v) is 9.86. The van der Waals surface area contributed by atoms with Crippen LogP contribution in [0.3, 0.4) is 0 Å². The van der Waals surface area contributed by atoms with Crippen molar-refractivity contribution in [2.45, 2.75) is 50.1 Å². The number of hydrogen-bond donors (Lipinski definition) is 3. The van der Waals surface area contributed by atoms with Crippen molar-refractivity contribution in [3.8, 4) is 11.5 Å². The van der Waals surface area contributed by atoms with E-state index in [2.05, 4.69) is 5.32 Å². The van der Waals surface area contributed by atoms with Crippen molar-refractivity contribution in [1.82, 2.24) is 5.32 Å². The summed E-state index contributed by atoms with van der Waals surface area (Å²) in [5.74, 6) is 1.19. The van der Waals surface area contributed by atoms with Crippen LogP contribution < -0.4 is 14.8 Å². The summed E-state index contributed by atoms with van der Waals surface area (Å²) in [4.78, 5) is 0. The number of aryl methyl sites for hydroxylation is 2. The van der Waals surface area contributed by atoms with Gasteiger partial charge in [-0.3, -0.25) is 0 Å². The van der Waals surface area contributed by atoms with Gasteiger partial charge in [-0.15, -0.1) is 12.4 Å². The van der Waals surface area contributed by atoms with Crippen molar-refractivity contribution in [1.29, 1.82) is 0 Å². The van der Waals surface area contributed by atoms with E-state index in [9.17, 15) is 14.6 Å². The van der Waals surface area contributed by atoms with E-state index in [1.807, 2.05) is 24.3 Å². The smallest absolute Gasteiger partial charge is 0.126 e. The van der Waals surface area contributed by atoms with Crippen LogP contribution in [-0.2, 0) is 12.8 Å². The fourth-order valence-electron chi connectivity index (χ4n) is 3.91. The van der Waals surface area contributed by atoms with Gasteiger partial charge >= 0.3 is 0 Å². The van der Waals surface area contributed by atoms with Crippen LogP contribution in [0.1, 0.15) is 24.0 Å². The van der Waals surface area contributed by atoms with Gasteiger partial charge in [-0.05, 0) is 61.1 Å². The van der Waals surface area contributed by atoms with Crippen LogP contribution in [0.25, 0.3) is 0 Å². The molecule has 158 valence electrons. The number of hydrogen-bond acceptors (Lipinski definition) is 5. The Morgan fingerprint density at radius 2 is 1.48 bits per heavy atom. The van der Waals surface area contributed by atoms with Crippen LogP contribution in [-0.4, -0.2) is 47.7 Å². The molecule has 0 aliphatic carbocycles. The SMILES string of the molecule is Cl.OC(CNCC(O)C1CCc2cc(F)ccc2O1)C1CCc2ccccc2O1. The normalized spacial score (nSPS) is 22.2. The molecule has 0 radical (unpaired) electrons. The molecule has 0 amide bonds. The van der Waals surface area contributed by atoms with Gasteiger partial charge in [-0.2, -0.15) is 0 Å². The van der Waals surface area contributed by atoms with Gasteiger partial charge in [0.2, 0.25) is 0 Å². The summed E-state index contributed by atoms with van der Waals surface area (Å²) in [7, 11) is 0. The molecule has 29 heavy (non-hydrogen) atoms. The lowest BCUT2D eigenvalue weighted by molar-refractivity contribution is 0.00896. The average molecular weight is 424 g/mol. The van der Waals surface area contributed by atoms with Gasteiger partial charge in [0, 0.05) is 13.1 Å². The number of para-hydroxylation sites is 1. The number of fused-ring (bicyclic) bond motifs is 2. The number of aliphatic hydroxyl groups is 2. The molecule has 4 atom stereocenters. The second-order valence-corrected chi connectivity index (χ2v) is 7.54. The second kappa shape index (κ2) is 9.76. The van der Waals surface area contributed by atoms with Gasteiger partial charge in [-0.25, -0.2) is 4.39 Å². The maximum absolute atomic E-state index is 13.3. The lowest BCUT2D eigenvalue weighted by Crippen LogP contribution is -2.46.